The van der Waals surface area contributed by atoms with Crippen LogP contribution in [-0.2, 0) is 16.0 Å². The lowest BCUT2D eigenvalue weighted by Crippen LogP contribution is -2.34. The first-order valence-corrected chi connectivity index (χ1v) is 7.67. The summed E-state index contributed by atoms with van der Waals surface area (Å²) in [5.74, 6) is 0.0301. The minimum absolute atomic E-state index is 0.0267. The van der Waals surface area contributed by atoms with Gasteiger partial charge in [0.15, 0.2) is 0 Å². The molecular formula is C17H23NO4. The predicted octanol–water partition coefficient (Wildman–Crippen LogP) is 2.34. The molecule has 0 radical (unpaired) electrons. The van der Waals surface area contributed by atoms with E-state index in [0.717, 1.165) is 11.3 Å². The van der Waals surface area contributed by atoms with Crippen molar-refractivity contribution in [3.8, 4) is 5.75 Å². The molecule has 2 rings (SSSR count). The van der Waals surface area contributed by atoms with Gasteiger partial charge in [-0.2, -0.15) is 0 Å². The average molecular weight is 305 g/mol. The Labute approximate surface area is 130 Å². The Balaban J connectivity index is 1.84. The molecule has 0 bridgehead atoms. The third-order valence-corrected chi connectivity index (χ3v) is 4.20. The molecule has 1 aliphatic rings. The molecule has 0 aromatic heterocycles. The van der Waals surface area contributed by atoms with Crippen LogP contribution in [0.4, 0.5) is 0 Å². The number of hydrogen-bond acceptors (Lipinski definition) is 3. The number of ether oxygens (including phenoxy) is 1. The average Bonchev–Trinajstić information content (AvgIpc) is 2.91. The van der Waals surface area contributed by atoms with E-state index in [1.54, 1.807) is 11.8 Å². The molecule has 5 heteroatoms. The van der Waals surface area contributed by atoms with Crippen molar-refractivity contribution in [3.05, 3.63) is 29.8 Å². The molecule has 5 nitrogen and oxygen atoms in total. The van der Waals surface area contributed by atoms with Gasteiger partial charge in [0.1, 0.15) is 5.75 Å². The molecule has 1 fully saturated rings. The number of aliphatic carboxylic acids is 1. The van der Waals surface area contributed by atoms with Crippen LogP contribution in [0.15, 0.2) is 24.3 Å². The van der Waals surface area contributed by atoms with Crippen LogP contribution in [0.2, 0.25) is 0 Å². The third kappa shape index (κ3) is 3.78. The smallest absolute Gasteiger partial charge is 0.311 e. The topological polar surface area (TPSA) is 66.8 Å². The zero-order chi connectivity index (χ0) is 16.2. The molecule has 1 aromatic rings. The number of carboxylic acids is 1. The van der Waals surface area contributed by atoms with Gasteiger partial charge in [0.25, 0.3) is 0 Å². The third-order valence-electron chi connectivity index (χ3n) is 4.20. The van der Waals surface area contributed by atoms with E-state index in [1.807, 2.05) is 31.2 Å². The Morgan fingerprint density at radius 1 is 1.32 bits per heavy atom. The largest absolute Gasteiger partial charge is 0.494 e. The molecule has 0 unspecified atom stereocenters. The first-order chi connectivity index (χ1) is 10.4. The van der Waals surface area contributed by atoms with Gasteiger partial charge in [0.2, 0.25) is 5.91 Å². The fourth-order valence-corrected chi connectivity index (χ4v) is 2.68. The summed E-state index contributed by atoms with van der Waals surface area (Å²) in [6.07, 6.45) is 1.59. The van der Waals surface area contributed by atoms with Crippen LogP contribution in [0, 0.1) is 5.41 Å². The molecule has 1 aliphatic heterocycles. The number of carboxylic acid groups (broad SMARTS) is 1. The molecule has 0 aliphatic carbocycles. The van der Waals surface area contributed by atoms with E-state index in [-0.39, 0.29) is 5.91 Å². The van der Waals surface area contributed by atoms with E-state index in [2.05, 4.69) is 0 Å². The maximum Gasteiger partial charge on any atom is 0.311 e. The van der Waals surface area contributed by atoms with E-state index < -0.39 is 11.4 Å². The zero-order valence-corrected chi connectivity index (χ0v) is 13.2. The maximum atomic E-state index is 12.2. The lowest BCUT2D eigenvalue weighted by atomic mass is 9.90. The van der Waals surface area contributed by atoms with Crippen molar-refractivity contribution in [2.75, 3.05) is 19.7 Å². The van der Waals surface area contributed by atoms with Gasteiger partial charge in [-0.05, 0) is 44.4 Å². The van der Waals surface area contributed by atoms with Gasteiger partial charge in [0.05, 0.1) is 12.0 Å². The molecule has 1 N–H and O–H groups in total. The molecule has 0 spiro atoms. The van der Waals surface area contributed by atoms with Crippen LogP contribution in [0.3, 0.4) is 0 Å². The van der Waals surface area contributed by atoms with E-state index >= 15 is 0 Å². The van der Waals surface area contributed by atoms with Crippen LogP contribution in [0.1, 0.15) is 32.3 Å². The van der Waals surface area contributed by atoms with Crippen LogP contribution in [0.5, 0.6) is 5.75 Å². The van der Waals surface area contributed by atoms with Crippen molar-refractivity contribution >= 4 is 11.9 Å². The molecule has 22 heavy (non-hydrogen) atoms. The van der Waals surface area contributed by atoms with Gasteiger partial charge in [-0.15, -0.1) is 0 Å². The molecular weight excluding hydrogens is 282 g/mol. The van der Waals surface area contributed by atoms with Gasteiger partial charge in [0, 0.05) is 19.5 Å². The van der Waals surface area contributed by atoms with Crippen molar-refractivity contribution in [1.29, 1.82) is 0 Å². The second-order valence-corrected chi connectivity index (χ2v) is 6.01. The van der Waals surface area contributed by atoms with Crippen molar-refractivity contribution < 1.29 is 19.4 Å². The first kappa shape index (κ1) is 16.3. The summed E-state index contributed by atoms with van der Waals surface area (Å²) < 4.78 is 5.38. The predicted molar refractivity (Wildman–Crippen MR) is 82.9 cm³/mol. The second kappa shape index (κ2) is 6.81. The van der Waals surface area contributed by atoms with Crippen LogP contribution >= 0.6 is 0 Å². The van der Waals surface area contributed by atoms with Crippen LogP contribution < -0.4 is 4.74 Å². The normalized spacial score (nSPS) is 20.9. The highest BCUT2D eigenvalue weighted by atomic mass is 16.5. The summed E-state index contributed by atoms with van der Waals surface area (Å²) in [5.41, 5.74) is 0.284. The Hall–Kier alpha value is -2.04. The highest BCUT2D eigenvalue weighted by Gasteiger charge is 2.41. The quantitative estimate of drug-likeness (QED) is 0.876. The summed E-state index contributed by atoms with van der Waals surface area (Å²) in [4.78, 5) is 25.1. The summed E-state index contributed by atoms with van der Waals surface area (Å²) in [6.45, 7) is 5.12. The van der Waals surface area contributed by atoms with Crippen molar-refractivity contribution in [2.24, 2.45) is 5.41 Å². The molecule has 1 heterocycles. The number of carbonyl (C=O) groups is 2. The molecule has 1 amide bonds. The Kier molecular flexibility index (Phi) is 5.06. The van der Waals surface area contributed by atoms with E-state index in [9.17, 15) is 14.7 Å². The van der Waals surface area contributed by atoms with Gasteiger partial charge >= 0.3 is 5.97 Å². The van der Waals surface area contributed by atoms with Crippen molar-refractivity contribution in [2.45, 2.75) is 33.1 Å². The van der Waals surface area contributed by atoms with Crippen molar-refractivity contribution in [3.63, 3.8) is 0 Å². The Morgan fingerprint density at radius 3 is 2.55 bits per heavy atom. The SMILES string of the molecule is CCOc1ccc(CCC(=O)N2CC[C@](C)(C(=O)O)C2)cc1. The number of aryl methyl sites for hydroxylation is 1. The minimum Gasteiger partial charge on any atom is -0.494 e. The van der Waals surface area contributed by atoms with Crippen LogP contribution in [-0.4, -0.2) is 41.6 Å². The molecule has 0 saturated carbocycles. The van der Waals surface area contributed by atoms with Crippen molar-refractivity contribution in [1.82, 2.24) is 4.90 Å². The van der Waals surface area contributed by atoms with Gasteiger partial charge in [-0.1, -0.05) is 12.1 Å². The highest BCUT2D eigenvalue weighted by Crippen LogP contribution is 2.30. The lowest BCUT2D eigenvalue weighted by Gasteiger charge is -2.20. The molecule has 1 atom stereocenters. The van der Waals surface area contributed by atoms with E-state index in [1.165, 1.54) is 0 Å². The number of carbonyl (C=O) groups excluding carboxylic acids is 1. The number of rotatable bonds is 6. The Morgan fingerprint density at radius 2 is 2.00 bits per heavy atom. The number of nitrogens with zero attached hydrogens (tertiary/aromatic N) is 1. The van der Waals surface area contributed by atoms with E-state index in [0.29, 0.717) is 39.0 Å². The van der Waals surface area contributed by atoms with Crippen LogP contribution in [0.25, 0.3) is 0 Å². The lowest BCUT2D eigenvalue weighted by molar-refractivity contribution is -0.147. The molecule has 120 valence electrons. The minimum atomic E-state index is -0.825. The number of amides is 1. The Bertz CT molecular complexity index is 540. The van der Waals surface area contributed by atoms with Gasteiger partial charge in [-0.25, -0.2) is 0 Å². The zero-order valence-electron chi connectivity index (χ0n) is 13.2. The summed E-state index contributed by atoms with van der Waals surface area (Å²) in [6, 6.07) is 7.73. The fourth-order valence-electron chi connectivity index (χ4n) is 2.68. The standard InChI is InChI=1S/C17H23NO4/c1-3-22-14-7-4-13(5-8-14)6-9-15(19)18-11-10-17(2,12-18)16(20)21/h4-5,7-8H,3,6,9-12H2,1-2H3,(H,20,21)/t17-/m0/s1. The first-order valence-electron chi connectivity index (χ1n) is 7.67. The monoisotopic (exact) mass is 305 g/mol. The summed E-state index contributed by atoms with van der Waals surface area (Å²) in [7, 11) is 0. The molecule has 1 aromatic carbocycles. The summed E-state index contributed by atoms with van der Waals surface area (Å²) in [5, 5.41) is 9.20. The number of likely N-dealkylation sites (tertiary alicyclic amines) is 1. The second-order valence-electron chi connectivity index (χ2n) is 6.01. The molecule has 1 saturated heterocycles. The summed E-state index contributed by atoms with van der Waals surface area (Å²) >= 11 is 0. The number of benzene rings is 1. The van der Waals surface area contributed by atoms with E-state index in [4.69, 9.17) is 4.74 Å². The highest BCUT2D eigenvalue weighted by molar-refractivity contribution is 5.80. The fraction of sp³-hybridized carbons (Fsp3) is 0.529. The van der Waals surface area contributed by atoms with Gasteiger partial charge in [-0.3, -0.25) is 9.59 Å². The maximum absolute atomic E-state index is 12.2. The number of hydrogen-bond donors (Lipinski definition) is 1. The van der Waals surface area contributed by atoms with Gasteiger partial charge < -0.3 is 14.7 Å².